The van der Waals surface area contributed by atoms with Crippen molar-refractivity contribution >= 4 is 15.8 Å². The summed E-state index contributed by atoms with van der Waals surface area (Å²) in [7, 11) is -3.68. The smallest absolute Gasteiger partial charge is 0.258 e. The van der Waals surface area contributed by atoms with Crippen molar-refractivity contribution in [3.8, 4) is 0 Å². The third-order valence-electron chi connectivity index (χ3n) is 7.86. The van der Waals surface area contributed by atoms with Crippen LogP contribution in [-0.2, 0) is 14.8 Å². The largest absolute Gasteiger partial charge is 0.345 e. The summed E-state index contributed by atoms with van der Waals surface area (Å²) in [5.74, 6) is 0.923. The molecule has 6 aliphatic rings. The summed E-state index contributed by atoms with van der Waals surface area (Å²) in [5.41, 5.74) is 4.15. The van der Waals surface area contributed by atoms with E-state index in [9.17, 15) is 13.2 Å². The Morgan fingerprint density at radius 1 is 1.06 bits per heavy atom. The monoisotopic (exact) mass is 479 g/mol. The molecule has 0 amide bonds. The maximum absolute atomic E-state index is 13.5. The molecule has 4 heterocycles. The topological polar surface area (TPSA) is 103 Å². The molecule has 178 valence electrons. The maximum atomic E-state index is 13.5. The summed E-state index contributed by atoms with van der Waals surface area (Å²) >= 11 is 0. The number of hydrogen-bond donors (Lipinski definition) is 2. The fourth-order valence-corrected chi connectivity index (χ4v) is 7.64. The second kappa shape index (κ2) is 7.36. The second-order valence-corrected chi connectivity index (χ2v) is 12.6. The molecule has 0 saturated carbocycles. The molecular formula is C25H29N5O3S. The molecule has 1 fully saturated rings. The summed E-state index contributed by atoms with van der Waals surface area (Å²) in [5, 5.41) is 15.3. The lowest BCUT2D eigenvalue weighted by Gasteiger charge is -2.49. The lowest BCUT2D eigenvalue weighted by atomic mass is 9.60. The molecule has 0 aromatic heterocycles. The van der Waals surface area contributed by atoms with Gasteiger partial charge in [0.2, 0.25) is 0 Å². The van der Waals surface area contributed by atoms with Crippen LogP contribution in [0.4, 0.5) is 0 Å². The number of dihydropyridines is 2. The summed E-state index contributed by atoms with van der Waals surface area (Å²) in [6.07, 6.45) is 12.6. The molecule has 0 aromatic rings. The first kappa shape index (κ1) is 21.7. The Hall–Kier alpha value is -2.78. The van der Waals surface area contributed by atoms with Gasteiger partial charge in [-0.05, 0) is 48.8 Å². The number of carbonyl (C=O) groups is 1. The van der Waals surface area contributed by atoms with Crippen LogP contribution in [-0.4, -0.2) is 38.1 Å². The van der Waals surface area contributed by atoms with E-state index in [4.69, 9.17) is 0 Å². The van der Waals surface area contributed by atoms with E-state index in [-0.39, 0.29) is 16.2 Å². The van der Waals surface area contributed by atoms with Gasteiger partial charge in [-0.2, -0.15) is 9.42 Å². The third kappa shape index (κ3) is 3.20. The molecule has 2 aliphatic carbocycles. The highest BCUT2D eigenvalue weighted by atomic mass is 32.2. The van der Waals surface area contributed by atoms with Crippen LogP contribution in [0.1, 0.15) is 46.0 Å². The van der Waals surface area contributed by atoms with E-state index >= 15 is 0 Å². The number of piperidine rings is 1. The lowest BCUT2D eigenvalue weighted by molar-refractivity contribution is -0.119. The Morgan fingerprint density at radius 2 is 1.85 bits per heavy atom. The molecule has 0 atom stereocenters. The molecule has 8 nitrogen and oxygen atoms in total. The van der Waals surface area contributed by atoms with Gasteiger partial charge in [-0.25, -0.2) is 8.42 Å². The van der Waals surface area contributed by atoms with Crippen LogP contribution >= 0.6 is 0 Å². The van der Waals surface area contributed by atoms with Gasteiger partial charge in [0.05, 0.1) is 6.54 Å². The number of nitrogens with one attached hydrogen (secondary N) is 2. The normalized spacial score (nSPS) is 27.4. The van der Waals surface area contributed by atoms with Crippen molar-refractivity contribution < 1.29 is 13.2 Å². The van der Waals surface area contributed by atoms with Crippen molar-refractivity contribution in [2.24, 2.45) is 21.1 Å². The van der Waals surface area contributed by atoms with Gasteiger partial charge < -0.3 is 10.6 Å². The lowest BCUT2D eigenvalue weighted by Crippen LogP contribution is -2.51. The first-order valence-corrected chi connectivity index (χ1v) is 13.3. The Bertz CT molecular complexity index is 1320. The van der Waals surface area contributed by atoms with Crippen LogP contribution in [0.25, 0.3) is 0 Å². The van der Waals surface area contributed by atoms with E-state index in [1.165, 1.54) is 0 Å². The highest BCUT2D eigenvalue weighted by molar-refractivity contribution is 7.93. The van der Waals surface area contributed by atoms with Crippen LogP contribution in [0.3, 0.4) is 0 Å². The molecule has 1 saturated heterocycles. The van der Waals surface area contributed by atoms with Gasteiger partial charge in [0, 0.05) is 47.5 Å². The number of Topliss-reactive ketones (excluding diaryl/α,β-unsaturated/α-hetero) is 1. The number of allylic oxidation sites excluding steroid dienone is 8. The number of hydrogen-bond acceptors (Lipinski definition) is 7. The van der Waals surface area contributed by atoms with Crippen molar-refractivity contribution in [1.29, 1.82) is 0 Å². The molecule has 0 bridgehead atoms. The average Bonchev–Trinajstić information content (AvgIpc) is 3.27. The average molecular weight is 480 g/mol. The summed E-state index contributed by atoms with van der Waals surface area (Å²) < 4.78 is 28.6. The number of nitrogens with zero attached hydrogens (tertiary/aromatic N) is 3. The van der Waals surface area contributed by atoms with E-state index in [1.54, 1.807) is 10.4 Å². The summed E-state index contributed by atoms with van der Waals surface area (Å²) in [4.78, 5) is 13.4. The van der Waals surface area contributed by atoms with Crippen LogP contribution in [0.15, 0.2) is 79.6 Å². The molecule has 6 rings (SSSR count). The van der Waals surface area contributed by atoms with Crippen molar-refractivity contribution in [3.63, 3.8) is 0 Å². The predicted molar refractivity (Wildman–Crippen MR) is 128 cm³/mol. The molecule has 4 aliphatic heterocycles. The van der Waals surface area contributed by atoms with Gasteiger partial charge in [-0.1, -0.05) is 32.1 Å². The van der Waals surface area contributed by atoms with E-state index in [0.29, 0.717) is 38.9 Å². The van der Waals surface area contributed by atoms with E-state index in [1.807, 2.05) is 18.2 Å². The standard InChI is InChI=1S/C25H29N5O3S/c1-24(2)13-19-22(20(31)14-24)25(17-15-26-29-23(17)28-19)9-11-30(12-10-25)34(32,33)21-8-7-16-5-3-4-6-18(16)27-21/h3-4,6-8,27-28H,5,9-15H2,1-2H3. The van der Waals surface area contributed by atoms with Gasteiger partial charge in [0.25, 0.3) is 10.0 Å². The van der Waals surface area contributed by atoms with Crippen LogP contribution in [0.2, 0.25) is 0 Å². The number of ketones is 1. The number of fused-ring (bicyclic) bond motifs is 3. The number of rotatable bonds is 2. The van der Waals surface area contributed by atoms with Gasteiger partial charge >= 0.3 is 0 Å². The van der Waals surface area contributed by atoms with Gasteiger partial charge in [0.15, 0.2) is 11.6 Å². The van der Waals surface area contributed by atoms with Crippen LogP contribution in [0.5, 0.6) is 0 Å². The summed E-state index contributed by atoms with van der Waals surface area (Å²) in [6.45, 7) is 5.38. The fraction of sp³-hybridized carbons (Fsp3) is 0.480. The summed E-state index contributed by atoms with van der Waals surface area (Å²) in [6, 6.07) is 0. The zero-order chi connectivity index (χ0) is 23.7. The van der Waals surface area contributed by atoms with Crippen molar-refractivity contribution in [1.82, 2.24) is 14.9 Å². The van der Waals surface area contributed by atoms with Gasteiger partial charge in [-0.3, -0.25) is 4.79 Å². The molecule has 0 unspecified atom stereocenters. The first-order chi connectivity index (χ1) is 16.2. The van der Waals surface area contributed by atoms with Gasteiger partial charge in [0.1, 0.15) is 5.03 Å². The van der Waals surface area contributed by atoms with Gasteiger partial charge in [-0.15, -0.1) is 5.11 Å². The highest BCUT2D eigenvalue weighted by Crippen LogP contribution is 2.55. The quantitative estimate of drug-likeness (QED) is 0.631. The van der Waals surface area contributed by atoms with Crippen molar-refractivity contribution in [3.05, 3.63) is 69.3 Å². The molecule has 0 radical (unpaired) electrons. The molecule has 9 heteroatoms. The Balaban J connectivity index is 1.30. The van der Waals surface area contributed by atoms with Crippen molar-refractivity contribution in [2.75, 3.05) is 19.6 Å². The zero-order valence-corrected chi connectivity index (χ0v) is 20.3. The minimum atomic E-state index is -3.68. The first-order valence-electron chi connectivity index (χ1n) is 11.9. The zero-order valence-electron chi connectivity index (χ0n) is 19.5. The minimum Gasteiger partial charge on any atom is -0.345 e. The third-order valence-corrected chi connectivity index (χ3v) is 9.70. The van der Waals surface area contributed by atoms with Crippen LogP contribution < -0.4 is 10.6 Å². The Kier molecular flexibility index (Phi) is 4.70. The molecule has 1 spiro atoms. The fourth-order valence-electron chi connectivity index (χ4n) is 6.22. The van der Waals surface area contributed by atoms with Crippen LogP contribution in [0, 0.1) is 10.8 Å². The van der Waals surface area contributed by atoms with Crippen molar-refractivity contribution in [2.45, 2.75) is 46.0 Å². The molecule has 0 aromatic carbocycles. The molecule has 34 heavy (non-hydrogen) atoms. The SMILES string of the molecule is CC1(C)CC(=O)C2=C(C1)NC1=C(CN=N1)C21CCN(S(=O)(=O)C2=CC=C3CC=CC=C3N2)CC1. The number of azo groups is 1. The molecular weight excluding hydrogens is 450 g/mol. The second-order valence-electron chi connectivity index (χ2n) is 10.7. The minimum absolute atomic E-state index is 0.115. The Morgan fingerprint density at radius 3 is 2.65 bits per heavy atom. The molecule has 2 N–H and O–H groups in total. The highest BCUT2D eigenvalue weighted by Gasteiger charge is 2.53. The number of sulfonamides is 1. The van der Waals surface area contributed by atoms with E-state index < -0.39 is 15.4 Å². The maximum Gasteiger partial charge on any atom is 0.258 e. The number of carbonyl (C=O) groups excluding carboxylic acids is 1. The predicted octanol–water partition coefficient (Wildman–Crippen LogP) is 3.54. The Labute approximate surface area is 200 Å². The van der Waals surface area contributed by atoms with E-state index in [0.717, 1.165) is 46.8 Å². The van der Waals surface area contributed by atoms with E-state index in [2.05, 4.69) is 40.8 Å².